The van der Waals surface area contributed by atoms with Crippen LogP contribution in [0.4, 0.5) is 5.69 Å². The Bertz CT molecular complexity index is 599. The molecule has 0 heterocycles. The van der Waals surface area contributed by atoms with Gasteiger partial charge in [0.2, 0.25) is 0 Å². The van der Waals surface area contributed by atoms with Crippen LogP contribution in [0.1, 0.15) is 12.5 Å². The maximum Gasteiger partial charge on any atom is 0.272 e. The number of hydrogen-bond donors (Lipinski definition) is 0. The molecule has 0 aliphatic rings. The second kappa shape index (κ2) is 6.21. The largest absolute Gasteiger partial charge is 0.272 e. The first kappa shape index (κ1) is 14.1. The number of halogens is 1. The van der Waals surface area contributed by atoms with Crippen molar-refractivity contribution in [2.75, 3.05) is 0 Å². The molecule has 5 heteroatoms. The van der Waals surface area contributed by atoms with E-state index in [-0.39, 0.29) is 10.6 Å². The normalized spacial score (nSPS) is 10.4. The third-order valence-electron chi connectivity index (χ3n) is 2.68. The summed E-state index contributed by atoms with van der Waals surface area (Å²) in [6.45, 7) is 1.93. The van der Waals surface area contributed by atoms with Crippen LogP contribution in [0.3, 0.4) is 0 Å². The Kier molecular flexibility index (Phi) is 4.61. The van der Waals surface area contributed by atoms with Gasteiger partial charge in [-0.25, -0.2) is 0 Å². The van der Waals surface area contributed by atoms with E-state index in [4.69, 9.17) is 0 Å². The molecule has 0 aliphatic carbocycles. The van der Waals surface area contributed by atoms with E-state index in [0.29, 0.717) is 6.42 Å². The van der Waals surface area contributed by atoms with Gasteiger partial charge in [-0.1, -0.05) is 34.6 Å². The molecule has 0 atom stereocenters. The second-order valence-corrected chi connectivity index (χ2v) is 6.02. The van der Waals surface area contributed by atoms with Crippen LogP contribution >= 0.6 is 27.7 Å². The van der Waals surface area contributed by atoms with Crippen LogP contribution in [0.15, 0.2) is 56.7 Å². The van der Waals surface area contributed by atoms with E-state index in [9.17, 15) is 10.1 Å². The fraction of sp³-hybridized carbons (Fsp3) is 0.143. The van der Waals surface area contributed by atoms with E-state index >= 15 is 0 Å². The van der Waals surface area contributed by atoms with Crippen molar-refractivity contribution < 1.29 is 4.92 Å². The van der Waals surface area contributed by atoms with Crippen LogP contribution in [0.2, 0.25) is 0 Å². The van der Waals surface area contributed by atoms with Gasteiger partial charge in [0.25, 0.3) is 5.69 Å². The molecule has 0 saturated carbocycles. The van der Waals surface area contributed by atoms with Gasteiger partial charge in [-0.15, -0.1) is 0 Å². The van der Waals surface area contributed by atoms with E-state index < -0.39 is 0 Å². The first-order chi connectivity index (χ1) is 9.10. The quantitative estimate of drug-likeness (QED) is 0.577. The Morgan fingerprint density at radius 2 is 1.79 bits per heavy atom. The molecule has 0 aromatic heterocycles. The molecular weight excluding hydrogens is 326 g/mol. The average molecular weight is 338 g/mol. The van der Waals surface area contributed by atoms with Gasteiger partial charge < -0.3 is 0 Å². The molecule has 0 aliphatic heterocycles. The Labute approximate surface area is 124 Å². The van der Waals surface area contributed by atoms with Crippen molar-refractivity contribution in [3.05, 3.63) is 62.6 Å². The van der Waals surface area contributed by atoms with Crippen LogP contribution in [-0.2, 0) is 6.42 Å². The highest BCUT2D eigenvalue weighted by molar-refractivity contribution is 9.10. The summed E-state index contributed by atoms with van der Waals surface area (Å²) in [6, 6.07) is 13.3. The third kappa shape index (κ3) is 3.58. The Morgan fingerprint density at radius 1 is 1.16 bits per heavy atom. The Morgan fingerprint density at radius 3 is 2.37 bits per heavy atom. The number of nitrogens with zero attached hydrogens (tertiary/aromatic N) is 1. The summed E-state index contributed by atoms with van der Waals surface area (Å²) in [5, 5.41) is 10.9. The van der Waals surface area contributed by atoms with Gasteiger partial charge in [0.1, 0.15) is 0 Å². The van der Waals surface area contributed by atoms with Crippen molar-refractivity contribution in [2.24, 2.45) is 0 Å². The van der Waals surface area contributed by atoms with E-state index in [1.54, 1.807) is 23.9 Å². The maximum absolute atomic E-state index is 10.9. The zero-order valence-electron chi connectivity index (χ0n) is 10.3. The Balaban J connectivity index is 2.26. The summed E-state index contributed by atoms with van der Waals surface area (Å²) in [4.78, 5) is 12.7. The number of hydrogen-bond acceptors (Lipinski definition) is 3. The van der Waals surface area contributed by atoms with E-state index in [0.717, 1.165) is 19.8 Å². The van der Waals surface area contributed by atoms with Gasteiger partial charge in [-0.05, 0) is 42.8 Å². The molecule has 0 bridgehead atoms. The highest BCUT2D eigenvalue weighted by Gasteiger charge is 2.12. The summed E-state index contributed by atoms with van der Waals surface area (Å²) in [5.41, 5.74) is 0.967. The molecule has 0 amide bonds. The standard InChI is InChI=1S/C14H12BrNO2S/c1-2-10-9-13(7-8-14(10)16(17)18)19-12-5-3-11(15)4-6-12/h3-9H,2H2,1H3. The molecule has 2 aromatic rings. The lowest BCUT2D eigenvalue weighted by Gasteiger charge is -2.05. The summed E-state index contributed by atoms with van der Waals surface area (Å²) in [6.07, 6.45) is 0.658. The lowest BCUT2D eigenvalue weighted by atomic mass is 10.1. The zero-order valence-corrected chi connectivity index (χ0v) is 12.7. The average Bonchev–Trinajstić information content (AvgIpc) is 2.41. The van der Waals surface area contributed by atoms with Gasteiger partial charge in [-0.3, -0.25) is 10.1 Å². The van der Waals surface area contributed by atoms with Crippen LogP contribution < -0.4 is 0 Å². The molecule has 3 nitrogen and oxygen atoms in total. The molecule has 2 rings (SSSR count). The SMILES string of the molecule is CCc1cc(Sc2ccc(Br)cc2)ccc1[N+](=O)[O-]. The van der Waals surface area contributed by atoms with Gasteiger partial charge in [-0.2, -0.15) is 0 Å². The second-order valence-electron chi connectivity index (χ2n) is 3.96. The van der Waals surface area contributed by atoms with Crippen molar-refractivity contribution in [2.45, 2.75) is 23.1 Å². The molecule has 0 unspecified atom stereocenters. The maximum atomic E-state index is 10.9. The van der Waals surface area contributed by atoms with Crippen LogP contribution in [-0.4, -0.2) is 4.92 Å². The van der Waals surface area contributed by atoms with Crippen molar-refractivity contribution in [3.63, 3.8) is 0 Å². The smallest absolute Gasteiger partial charge is 0.258 e. The van der Waals surface area contributed by atoms with E-state index in [2.05, 4.69) is 15.9 Å². The van der Waals surface area contributed by atoms with Crippen molar-refractivity contribution >= 4 is 33.4 Å². The fourth-order valence-corrected chi connectivity index (χ4v) is 2.87. The van der Waals surface area contributed by atoms with Crippen LogP contribution in [0.5, 0.6) is 0 Å². The predicted octanol–water partition coefficient (Wildman–Crippen LogP) is 5.07. The summed E-state index contributed by atoms with van der Waals surface area (Å²) in [5.74, 6) is 0. The predicted molar refractivity (Wildman–Crippen MR) is 80.7 cm³/mol. The summed E-state index contributed by atoms with van der Waals surface area (Å²) < 4.78 is 1.04. The summed E-state index contributed by atoms with van der Waals surface area (Å²) in [7, 11) is 0. The summed E-state index contributed by atoms with van der Waals surface area (Å²) >= 11 is 5.00. The molecule has 0 saturated heterocycles. The highest BCUT2D eigenvalue weighted by atomic mass is 79.9. The van der Waals surface area contributed by atoms with Crippen molar-refractivity contribution in [1.29, 1.82) is 0 Å². The molecule has 98 valence electrons. The molecule has 0 spiro atoms. The number of benzene rings is 2. The minimum atomic E-state index is -0.326. The molecule has 0 fully saturated rings. The van der Waals surface area contributed by atoms with Crippen LogP contribution in [0, 0.1) is 10.1 Å². The van der Waals surface area contributed by atoms with Gasteiger partial charge in [0.05, 0.1) is 4.92 Å². The topological polar surface area (TPSA) is 43.1 Å². The van der Waals surface area contributed by atoms with Gasteiger partial charge in [0, 0.05) is 25.9 Å². The fourth-order valence-electron chi connectivity index (χ4n) is 1.73. The zero-order chi connectivity index (χ0) is 13.8. The van der Waals surface area contributed by atoms with Crippen molar-refractivity contribution in [3.8, 4) is 0 Å². The number of nitro benzene ring substituents is 1. The number of rotatable bonds is 4. The van der Waals surface area contributed by atoms with Crippen LogP contribution in [0.25, 0.3) is 0 Å². The Hall–Kier alpha value is -1.33. The van der Waals surface area contributed by atoms with Gasteiger partial charge in [0.15, 0.2) is 0 Å². The molecule has 0 N–H and O–H groups in total. The molecule has 0 radical (unpaired) electrons. The minimum Gasteiger partial charge on any atom is -0.258 e. The molecular formula is C14H12BrNO2S. The minimum absolute atomic E-state index is 0.197. The van der Waals surface area contributed by atoms with Gasteiger partial charge >= 0.3 is 0 Å². The lowest BCUT2D eigenvalue weighted by molar-refractivity contribution is -0.385. The number of nitro groups is 1. The number of aryl methyl sites for hydroxylation is 1. The molecule has 2 aromatic carbocycles. The molecule has 19 heavy (non-hydrogen) atoms. The first-order valence-corrected chi connectivity index (χ1v) is 7.42. The lowest BCUT2D eigenvalue weighted by Crippen LogP contribution is -1.94. The van der Waals surface area contributed by atoms with Crippen molar-refractivity contribution in [1.82, 2.24) is 0 Å². The van der Waals surface area contributed by atoms with E-state index in [1.807, 2.05) is 37.3 Å². The monoisotopic (exact) mass is 337 g/mol. The van der Waals surface area contributed by atoms with E-state index in [1.165, 1.54) is 0 Å². The highest BCUT2D eigenvalue weighted by Crippen LogP contribution is 2.32. The third-order valence-corrected chi connectivity index (χ3v) is 4.20. The first-order valence-electron chi connectivity index (χ1n) is 5.81.